The van der Waals surface area contributed by atoms with Crippen molar-refractivity contribution >= 4 is 19.7 Å². The van der Waals surface area contributed by atoms with Crippen LogP contribution in [0, 0.1) is 6.92 Å². The lowest BCUT2D eigenvalue weighted by molar-refractivity contribution is 0.577. The fourth-order valence-electron chi connectivity index (χ4n) is 2.74. The molecule has 0 radical (unpaired) electrons. The maximum Gasteiger partial charge on any atom is 0.240 e. The third-order valence-corrected chi connectivity index (χ3v) is 8.06. The van der Waals surface area contributed by atoms with Crippen LogP contribution in [-0.4, -0.2) is 35.9 Å². The van der Waals surface area contributed by atoms with Crippen LogP contribution in [-0.2, 0) is 33.8 Å². The van der Waals surface area contributed by atoms with Crippen molar-refractivity contribution in [3.63, 3.8) is 0 Å². The van der Waals surface area contributed by atoms with E-state index in [1.165, 1.54) is 10.8 Å². The maximum absolute atomic E-state index is 12.2. The fourth-order valence-corrected chi connectivity index (χ4v) is 5.53. The standard InChI is InChI=1S/C11H12N2O2S.C10H10N2O2S.CH4.H2/c1-9-8-12-11(13(9)2)16(14,15)10-6-4-3-5-7-10;1-12-8-7-11-10(12)15(13,14)9-5-3-2-4-6-9;;/h3-8H,1-2H3;2-8H,1H3;1H4;1H/i;;;1+1. The van der Waals surface area contributed by atoms with Crippen molar-refractivity contribution < 1.29 is 18.3 Å². The van der Waals surface area contributed by atoms with Gasteiger partial charge in [0.25, 0.3) is 0 Å². The molecule has 0 aliphatic carbocycles. The number of sulfone groups is 2. The third kappa shape index (κ3) is 4.97. The predicted molar refractivity (Wildman–Crippen MR) is 124 cm³/mol. The summed E-state index contributed by atoms with van der Waals surface area (Å²) in [6, 6.07) is 16.6. The molecular weight excluding hydrogens is 448 g/mol. The zero-order chi connectivity index (χ0) is 22.6. The average Bonchev–Trinajstić information content (AvgIpc) is 3.36. The van der Waals surface area contributed by atoms with Gasteiger partial charge in [-0.05, 0) is 31.2 Å². The second kappa shape index (κ2) is 9.92. The van der Waals surface area contributed by atoms with Crippen LogP contribution in [0.1, 0.15) is 14.5 Å². The molecule has 8 nitrogen and oxygen atoms in total. The largest absolute Gasteiger partial charge is 0.325 e. The van der Waals surface area contributed by atoms with E-state index >= 15 is 0 Å². The Morgan fingerprint density at radius 2 is 1.22 bits per heavy atom. The molecule has 172 valence electrons. The van der Waals surface area contributed by atoms with Crippen LogP contribution in [0.3, 0.4) is 0 Å². The van der Waals surface area contributed by atoms with E-state index in [0.717, 1.165) is 5.69 Å². The number of hydrogen-bond acceptors (Lipinski definition) is 6. The van der Waals surface area contributed by atoms with Crippen molar-refractivity contribution in [2.24, 2.45) is 14.1 Å². The van der Waals surface area contributed by atoms with Crippen molar-refractivity contribution in [1.29, 1.82) is 0 Å². The van der Waals surface area contributed by atoms with Crippen LogP contribution in [0.2, 0.25) is 0 Å². The lowest BCUT2D eigenvalue weighted by Crippen LogP contribution is -2.09. The number of aromatic nitrogens is 4. The third-order valence-electron chi connectivity index (χ3n) is 4.54. The molecule has 0 N–H and O–H groups in total. The van der Waals surface area contributed by atoms with E-state index < -0.39 is 19.7 Å². The lowest BCUT2D eigenvalue weighted by Gasteiger charge is -2.04. The van der Waals surface area contributed by atoms with Gasteiger partial charge in [-0.15, -0.1) is 0 Å². The Labute approximate surface area is 190 Å². The molecule has 4 rings (SSSR count). The number of aryl methyl sites for hydroxylation is 2. The van der Waals surface area contributed by atoms with Gasteiger partial charge >= 0.3 is 0 Å². The van der Waals surface area contributed by atoms with Gasteiger partial charge in [0, 0.05) is 39.8 Å². The van der Waals surface area contributed by atoms with Crippen LogP contribution in [0.15, 0.2) is 99.4 Å². The summed E-state index contributed by atoms with van der Waals surface area (Å²) in [4.78, 5) is 8.31. The van der Waals surface area contributed by atoms with E-state index in [0.29, 0.717) is 0 Å². The lowest BCUT2D eigenvalue weighted by atomic mass is 10.4. The molecule has 0 bridgehead atoms. The first-order chi connectivity index (χ1) is 14.7. The van der Waals surface area contributed by atoms with Crippen LogP contribution in [0.4, 0.5) is 0 Å². The zero-order valence-electron chi connectivity index (χ0n) is 17.2. The van der Waals surface area contributed by atoms with Crippen molar-refractivity contribution in [2.45, 2.75) is 34.5 Å². The maximum atomic E-state index is 12.2. The molecule has 32 heavy (non-hydrogen) atoms. The highest BCUT2D eigenvalue weighted by atomic mass is 32.2. The molecule has 0 fully saturated rings. The van der Waals surface area contributed by atoms with E-state index in [2.05, 4.69) is 9.97 Å². The van der Waals surface area contributed by atoms with Gasteiger partial charge in [0.1, 0.15) is 0 Å². The van der Waals surface area contributed by atoms with Crippen LogP contribution >= 0.6 is 0 Å². The highest BCUT2D eigenvalue weighted by molar-refractivity contribution is 7.91. The predicted octanol–water partition coefficient (Wildman–Crippen LogP) is 3.70. The molecule has 0 spiro atoms. The molecule has 2 heterocycles. The van der Waals surface area contributed by atoms with E-state index in [4.69, 9.17) is 0 Å². The van der Waals surface area contributed by atoms with E-state index in [1.54, 1.807) is 91.7 Å². The number of rotatable bonds is 4. The molecule has 2 aromatic carbocycles. The molecule has 0 aliphatic rings. The molecule has 0 atom stereocenters. The molecule has 4 aromatic rings. The monoisotopic (exact) mass is 477 g/mol. The minimum atomic E-state index is -3.50. The van der Waals surface area contributed by atoms with Gasteiger partial charge in [0.15, 0.2) is 0 Å². The Balaban J connectivity index is 0.000000312. The highest BCUT2D eigenvalue weighted by Gasteiger charge is 2.23. The number of benzene rings is 2. The Morgan fingerprint density at radius 1 is 0.750 bits per heavy atom. The second-order valence-corrected chi connectivity index (χ2v) is 10.4. The number of nitrogens with zero attached hydrogens (tertiary/aromatic N) is 4. The van der Waals surface area contributed by atoms with E-state index in [-0.39, 0.29) is 29.0 Å². The molecular formula is C22H28N4O4S2. The Morgan fingerprint density at radius 3 is 1.59 bits per heavy atom. The van der Waals surface area contributed by atoms with Crippen molar-refractivity contribution in [3.05, 3.63) is 84.9 Å². The first kappa shape index (κ1) is 25.0. The molecule has 0 saturated heterocycles. The Hall–Kier alpha value is -3.24. The van der Waals surface area contributed by atoms with Gasteiger partial charge in [-0.1, -0.05) is 43.8 Å². The summed E-state index contributed by atoms with van der Waals surface area (Å²) < 4.78 is 51.5. The van der Waals surface area contributed by atoms with Gasteiger partial charge in [0.05, 0.1) is 9.79 Å². The van der Waals surface area contributed by atoms with Gasteiger partial charge in [0.2, 0.25) is 30.0 Å². The summed E-state index contributed by atoms with van der Waals surface area (Å²) >= 11 is 0. The van der Waals surface area contributed by atoms with E-state index in [9.17, 15) is 16.8 Å². The van der Waals surface area contributed by atoms with Crippen LogP contribution < -0.4 is 0 Å². The zero-order valence-corrected chi connectivity index (χ0v) is 18.9. The molecule has 0 unspecified atom stereocenters. The highest BCUT2D eigenvalue weighted by Crippen LogP contribution is 2.19. The SMILES string of the molecule is C.Cc1cnc(S(=O)(=O)c2ccccc2)n1C.Cn1ccnc1S(=O)(=O)c1ccccc1.[2HH]. The summed E-state index contributed by atoms with van der Waals surface area (Å²) in [6.07, 6.45) is 4.63. The van der Waals surface area contributed by atoms with Crippen molar-refractivity contribution in [3.8, 4) is 0 Å². The topological polar surface area (TPSA) is 104 Å². The van der Waals surface area contributed by atoms with E-state index in [1.807, 2.05) is 6.92 Å². The second-order valence-electron chi connectivity index (χ2n) is 6.69. The summed E-state index contributed by atoms with van der Waals surface area (Å²) in [5, 5.41) is 0.143. The fraction of sp³-hybridized carbons (Fsp3) is 0.182. The molecule has 10 heteroatoms. The molecule has 0 amide bonds. The van der Waals surface area contributed by atoms with Gasteiger partial charge < -0.3 is 9.13 Å². The quantitative estimate of drug-likeness (QED) is 0.444. The first-order valence-corrected chi connectivity index (χ1v) is 12.2. The number of imidazole rings is 2. The van der Waals surface area contributed by atoms with Gasteiger partial charge in [-0.2, -0.15) is 0 Å². The Kier molecular flexibility index (Phi) is 7.76. The first-order valence-electron chi connectivity index (χ1n) is 9.21. The molecule has 2 aromatic heterocycles. The summed E-state index contributed by atoms with van der Waals surface area (Å²) in [5.41, 5.74) is 0.814. The summed E-state index contributed by atoms with van der Waals surface area (Å²) in [5.74, 6) is 0. The number of hydrogen-bond donors (Lipinski definition) is 0. The van der Waals surface area contributed by atoms with Crippen molar-refractivity contribution in [2.75, 3.05) is 0 Å². The van der Waals surface area contributed by atoms with Crippen LogP contribution in [0.25, 0.3) is 0 Å². The normalized spacial score (nSPS) is 11.2. The minimum Gasteiger partial charge on any atom is -0.325 e. The minimum absolute atomic E-state index is 0. The molecule has 0 saturated carbocycles. The van der Waals surface area contributed by atoms with Gasteiger partial charge in [-0.3, -0.25) is 0 Å². The summed E-state index contributed by atoms with van der Waals surface area (Å²) in [6.45, 7) is 1.82. The average molecular weight is 478 g/mol. The van der Waals surface area contributed by atoms with Crippen molar-refractivity contribution in [1.82, 2.24) is 19.1 Å². The van der Waals surface area contributed by atoms with Crippen LogP contribution in [0.5, 0.6) is 0 Å². The van der Waals surface area contributed by atoms with Gasteiger partial charge in [-0.25, -0.2) is 26.8 Å². The smallest absolute Gasteiger partial charge is 0.240 e. The summed E-state index contributed by atoms with van der Waals surface area (Å²) in [7, 11) is -3.62. The Bertz CT molecular complexity index is 1380. The molecule has 0 aliphatic heterocycles.